The summed E-state index contributed by atoms with van der Waals surface area (Å²) in [5.74, 6) is 0.728. The lowest BCUT2D eigenvalue weighted by Gasteiger charge is -2.29. The number of ether oxygens (including phenoxy) is 2. The first-order valence-electron chi connectivity index (χ1n) is 6.88. The molecule has 2 aromatic rings. The molecule has 0 aliphatic heterocycles. The van der Waals surface area contributed by atoms with Gasteiger partial charge in [0, 0.05) is 24.0 Å². The van der Waals surface area contributed by atoms with Gasteiger partial charge in [-0.3, -0.25) is 15.1 Å². The highest BCUT2D eigenvalue weighted by Gasteiger charge is 2.27. The molecule has 0 aliphatic rings. The number of nitro benzene ring substituents is 1. The molecule has 6 nitrogen and oxygen atoms in total. The zero-order chi connectivity index (χ0) is 17.2. The molecule has 0 amide bonds. The fraction of sp³-hybridized carbons (Fsp3) is 0.312. The number of pyridine rings is 1. The molecule has 2 rings (SSSR count). The summed E-state index contributed by atoms with van der Waals surface area (Å²) in [6.45, 7) is 5.80. The number of aryl methyl sites for hydroxylation is 1. The second kappa shape index (κ2) is 6.54. The van der Waals surface area contributed by atoms with Crippen molar-refractivity contribution in [3.63, 3.8) is 0 Å². The van der Waals surface area contributed by atoms with E-state index in [2.05, 4.69) is 20.9 Å². The Morgan fingerprint density at radius 1 is 1.30 bits per heavy atom. The normalized spacial score (nSPS) is 11.2. The SMILES string of the molecule is COc1cc([N+](=O)[O-])c(Br)cc1OC(C)(C)c1ccncc1C. The Morgan fingerprint density at radius 3 is 2.57 bits per heavy atom. The van der Waals surface area contributed by atoms with Gasteiger partial charge in [0.25, 0.3) is 5.69 Å². The summed E-state index contributed by atoms with van der Waals surface area (Å²) in [6, 6.07) is 4.78. The molecule has 0 radical (unpaired) electrons. The summed E-state index contributed by atoms with van der Waals surface area (Å²) in [6.07, 6.45) is 3.47. The van der Waals surface area contributed by atoms with Gasteiger partial charge in [-0.2, -0.15) is 0 Å². The van der Waals surface area contributed by atoms with Crippen LogP contribution in [0.5, 0.6) is 11.5 Å². The van der Waals surface area contributed by atoms with Gasteiger partial charge in [-0.05, 0) is 48.3 Å². The highest BCUT2D eigenvalue weighted by atomic mass is 79.9. The highest BCUT2D eigenvalue weighted by Crippen LogP contribution is 2.41. The van der Waals surface area contributed by atoms with Crippen molar-refractivity contribution in [1.82, 2.24) is 4.98 Å². The van der Waals surface area contributed by atoms with E-state index >= 15 is 0 Å². The lowest BCUT2D eigenvalue weighted by atomic mass is 9.95. The van der Waals surface area contributed by atoms with Crippen molar-refractivity contribution < 1.29 is 14.4 Å². The molecule has 1 aromatic carbocycles. The van der Waals surface area contributed by atoms with Crippen molar-refractivity contribution in [1.29, 1.82) is 0 Å². The molecule has 0 spiro atoms. The molecule has 0 saturated carbocycles. The van der Waals surface area contributed by atoms with Crippen molar-refractivity contribution in [3.8, 4) is 11.5 Å². The second-order valence-electron chi connectivity index (χ2n) is 5.51. The van der Waals surface area contributed by atoms with Gasteiger partial charge in [-0.15, -0.1) is 0 Å². The molecule has 0 saturated heterocycles. The van der Waals surface area contributed by atoms with Crippen LogP contribution in [-0.2, 0) is 5.60 Å². The lowest BCUT2D eigenvalue weighted by Crippen LogP contribution is -2.26. The maximum atomic E-state index is 11.0. The van der Waals surface area contributed by atoms with E-state index in [4.69, 9.17) is 9.47 Å². The van der Waals surface area contributed by atoms with Crippen molar-refractivity contribution in [3.05, 3.63) is 56.3 Å². The van der Waals surface area contributed by atoms with E-state index in [1.54, 1.807) is 18.5 Å². The molecule has 23 heavy (non-hydrogen) atoms. The minimum Gasteiger partial charge on any atom is -0.493 e. The number of hydrogen-bond acceptors (Lipinski definition) is 5. The minimum absolute atomic E-state index is 0.0768. The molecular formula is C16H17BrN2O4. The third-order valence-corrected chi connectivity index (χ3v) is 4.10. The Bertz CT molecular complexity index is 747. The van der Waals surface area contributed by atoms with Crippen LogP contribution < -0.4 is 9.47 Å². The molecule has 0 N–H and O–H groups in total. The molecule has 1 heterocycles. The first kappa shape index (κ1) is 17.2. The van der Waals surface area contributed by atoms with Gasteiger partial charge in [0.1, 0.15) is 5.60 Å². The Labute approximate surface area is 142 Å². The number of nitro groups is 1. The first-order chi connectivity index (χ1) is 10.8. The molecular weight excluding hydrogens is 364 g/mol. The molecule has 0 unspecified atom stereocenters. The largest absolute Gasteiger partial charge is 0.493 e. The molecule has 0 bridgehead atoms. The van der Waals surface area contributed by atoms with Crippen LogP contribution in [0.15, 0.2) is 35.1 Å². The van der Waals surface area contributed by atoms with Crippen LogP contribution in [-0.4, -0.2) is 17.0 Å². The summed E-state index contributed by atoms with van der Waals surface area (Å²) < 4.78 is 11.7. The third-order valence-electron chi connectivity index (χ3n) is 3.46. The third kappa shape index (κ3) is 3.61. The topological polar surface area (TPSA) is 74.5 Å². The first-order valence-corrected chi connectivity index (χ1v) is 7.67. The Morgan fingerprint density at radius 2 is 2.00 bits per heavy atom. The number of benzene rings is 1. The van der Waals surface area contributed by atoms with Crippen LogP contribution in [0.3, 0.4) is 0 Å². The van der Waals surface area contributed by atoms with E-state index in [0.29, 0.717) is 16.0 Å². The summed E-state index contributed by atoms with van der Waals surface area (Å²) in [5.41, 5.74) is 1.24. The fourth-order valence-corrected chi connectivity index (χ4v) is 2.85. The smallest absolute Gasteiger partial charge is 0.287 e. The quantitative estimate of drug-likeness (QED) is 0.568. The van der Waals surface area contributed by atoms with E-state index in [9.17, 15) is 10.1 Å². The summed E-state index contributed by atoms with van der Waals surface area (Å²) in [7, 11) is 1.45. The van der Waals surface area contributed by atoms with Gasteiger partial charge in [0.15, 0.2) is 11.5 Å². The summed E-state index contributed by atoms with van der Waals surface area (Å²) in [4.78, 5) is 14.6. The Hall–Kier alpha value is -2.15. The number of methoxy groups -OCH3 is 1. The van der Waals surface area contributed by atoms with Gasteiger partial charge in [0.2, 0.25) is 0 Å². The van der Waals surface area contributed by atoms with Crippen molar-refractivity contribution in [2.75, 3.05) is 7.11 Å². The lowest BCUT2D eigenvalue weighted by molar-refractivity contribution is -0.385. The fourth-order valence-electron chi connectivity index (χ4n) is 2.38. The van der Waals surface area contributed by atoms with Crippen LogP contribution in [0.2, 0.25) is 0 Å². The van der Waals surface area contributed by atoms with Crippen LogP contribution in [0.4, 0.5) is 5.69 Å². The molecule has 1 aromatic heterocycles. The number of rotatable bonds is 5. The number of hydrogen-bond donors (Lipinski definition) is 0. The monoisotopic (exact) mass is 380 g/mol. The van der Waals surface area contributed by atoms with Gasteiger partial charge < -0.3 is 9.47 Å². The van der Waals surface area contributed by atoms with E-state index < -0.39 is 10.5 Å². The van der Waals surface area contributed by atoms with E-state index in [0.717, 1.165) is 11.1 Å². The molecule has 7 heteroatoms. The maximum absolute atomic E-state index is 11.0. The average molecular weight is 381 g/mol. The molecule has 122 valence electrons. The molecule has 0 atom stereocenters. The van der Waals surface area contributed by atoms with Gasteiger partial charge in [0.05, 0.1) is 22.6 Å². The summed E-state index contributed by atoms with van der Waals surface area (Å²) in [5, 5.41) is 11.0. The molecule has 0 aliphatic carbocycles. The van der Waals surface area contributed by atoms with E-state index in [1.165, 1.54) is 13.2 Å². The van der Waals surface area contributed by atoms with Gasteiger partial charge in [-0.1, -0.05) is 0 Å². The van der Waals surface area contributed by atoms with E-state index in [-0.39, 0.29) is 5.69 Å². The summed E-state index contributed by atoms with van der Waals surface area (Å²) >= 11 is 3.20. The van der Waals surface area contributed by atoms with Crippen LogP contribution in [0.1, 0.15) is 25.0 Å². The minimum atomic E-state index is -0.657. The Balaban J connectivity index is 2.45. The standard InChI is InChI=1S/C16H17BrN2O4/c1-10-9-18-6-5-11(10)16(2,3)23-15-7-12(17)13(19(20)21)8-14(15)22-4/h5-9H,1-4H3. The zero-order valence-electron chi connectivity index (χ0n) is 13.3. The van der Waals surface area contributed by atoms with E-state index in [1.807, 2.05) is 26.8 Å². The van der Waals surface area contributed by atoms with Crippen molar-refractivity contribution in [2.45, 2.75) is 26.4 Å². The maximum Gasteiger partial charge on any atom is 0.287 e. The number of halogens is 1. The zero-order valence-corrected chi connectivity index (χ0v) is 14.9. The van der Waals surface area contributed by atoms with Gasteiger partial charge in [-0.25, -0.2) is 0 Å². The van der Waals surface area contributed by atoms with Crippen LogP contribution >= 0.6 is 15.9 Å². The van der Waals surface area contributed by atoms with Crippen molar-refractivity contribution >= 4 is 21.6 Å². The number of nitrogens with zero attached hydrogens (tertiary/aromatic N) is 2. The Kier molecular flexibility index (Phi) is 4.89. The highest BCUT2D eigenvalue weighted by molar-refractivity contribution is 9.10. The van der Waals surface area contributed by atoms with Gasteiger partial charge >= 0.3 is 0 Å². The average Bonchev–Trinajstić information content (AvgIpc) is 2.47. The predicted molar refractivity (Wildman–Crippen MR) is 90.0 cm³/mol. The van der Waals surface area contributed by atoms with Crippen LogP contribution in [0, 0.1) is 17.0 Å². The predicted octanol–water partition coefficient (Wildman–Crippen LogP) is 4.38. The van der Waals surface area contributed by atoms with Crippen molar-refractivity contribution in [2.24, 2.45) is 0 Å². The number of aromatic nitrogens is 1. The molecule has 0 fully saturated rings. The second-order valence-corrected chi connectivity index (χ2v) is 6.37. The van der Waals surface area contributed by atoms with Crippen LogP contribution in [0.25, 0.3) is 0 Å².